The number of carbonyl (C=O) groups is 3. The van der Waals surface area contributed by atoms with Crippen molar-refractivity contribution < 1.29 is 33.7 Å². The van der Waals surface area contributed by atoms with Crippen LogP contribution in [0.5, 0.6) is 0 Å². The van der Waals surface area contributed by atoms with Gasteiger partial charge in [0.2, 0.25) is 5.91 Å². The zero-order chi connectivity index (χ0) is 20.0. The summed E-state index contributed by atoms with van der Waals surface area (Å²) in [4.78, 5) is 38.2. The highest BCUT2D eigenvalue weighted by Crippen LogP contribution is 2.26. The third-order valence-electron chi connectivity index (χ3n) is 4.56. The normalized spacial score (nSPS) is 25.1. The first-order chi connectivity index (χ1) is 12.9. The fraction of sp³-hybridized carbons (Fsp3) is 0.632. The lowest BCUT2D eigenvalue weighted by molar-refractivity contribution is -0.143. The number of amides is 2. The standard InChI is InChI=1S/C19H27NO7/c1-12(2)15-11-26-19(24)20(15)18(23)13(3)17-16(22)7-6-14(27-17)5-4-9-25-10-8-21/h5-7,12-13,15,17,21H,4,8-11H2,1-3H3/t13-,15+,17-/m1/s1. The monoisotopic (exact) mass is 381 g/mol. The second kappa shape index (κ2) is 9.66. The molecule has 2 rings (SSSR count). The van der Waals surface area contributed by atoms with Crippen LogP contribution in [0.25, 0.3) is 0 Å². The number of allylic oxidation sites excluding steroid dienone is 1. The second-order valence-corrected chi connectivity index (χ2v) is 6.89. The maximum absolute atomic E-state index is 12.9. The number of nitrogens with zero attached hydrogens (tertiary/aromatic N) is 1. The van der Waals surface area contributed by atoms with Crippen molar-refractivity contribution in [2.24, 2.45) is 11.8 Å². The number of rotatable bonds is 8. The summed E-state index contributed by atoms with van der Waals surface area (Å²) < 4.78 is 15.9. The Morgan fingerprint density at radius 3 is 2.74 bits per heavy atom. The fourth-order valence-corrected chi connectivity index (χ4v) is 2.95. The molecule has 1 saturated heterocycles. The van der Waals surface area contributed by atoms with Gasteiger partial charge in [0.1, 0.15) is 12.4 Å². The van der Waals surface area contributed by atoms with Crippen molar-refractivity contribution in [2.45, 2.75) is 39.3 Å². The van der Waals surface area contributed by atoms with E-state index >= 15 is 0 Å². The van der Waals surface area contributed by atoms with E-state index in [9.17, 15) is 14.4 Å². The minimum Gasteiger partial charge on any atom is -0.482 e. The third-order valence-corrected chi connectivity index (χ3v) is 4.56. The van der Waals surface area contributed by atoms with Gasteiger partial charge in [0, 0.05) is 0 Å². The Balaban J connectivity index is 2.04. The highest BCUT2D eigenvalue weighted by molar-refractivity contribution is 6.01. The molecule has 0 aliphatic carbocycles. The number of aliphatic hydroxyl groups is 1. The molecule has 150 valence electrons. The van der Waals surface area contributed by atoms with Gasteiger partial charge in [-0.15, -0.1) is 0 Å². The van der Waals surface area contributed by atoms with Crippen molar-refractivity contribution >= 4 is 17.8 Å². The number of aliphatic hydroxyl groups excluding tert-OH is 1. The molecule has 1 N–H and O–H groups in total. The Morgan fingerprint density at radius 1 is 1.33 bits per heavy atom. The lowest BCUT2D eigenvalue weighted by Crippen LogP contribution is -2.48. The van der Waals surface area contributed by atoms with E-state index in [1.54, 1.807) is 19.1 Å². The first-order valence-electron chi connectivity index (χ1n) is 9.14. The molecule has 1 fully saturated rings. The number of imide groups is 1. The molecule has 0 aromatic carbocycles. The van der Waals surface area contributed by atoms with Gasteiger partial charge in [-0.1, -0.05) is 13.8 Å². The van der Waals surface area contributed by atoms with Crippen LogP contribution in [0.2, 0.25) is 0 Å². The number of ether oxygens (including phenoxy) is 3. The average Bonchev–Trinajstić information content (AvgIpc) is 3.03. The van der Waals surface area contributed by atoms with E-state index in [0.717, 1.165) is 4.90 Å². The van der Waals surface area contributed by atoms with Crippen LogP contribution in [0.1, 0.15) is 27.2 Å². The molecule has 0 unspecified atom stereocenters. The summed E-state index contributed by atoms with van der Waals surface area (Å²) in [6.45, 7) is 6.17. The maximum Gasteiger partial charge on any atom is 0.416 e. The number of carbonyl (C=O) groups excluding carboxylic acids is 3. The van der Waals surface area contributed by atoms with E-state index < -0.39 is 24.0 Å². The molecule has 8 nitrogen and oxygen atoms in total. The summed E-state index contributed by atoms with van der Waals surface area (Å²) in [6, 6.07) is -0.347. The van der Waals surface area contributed by atoms with Crippen molar-refractivity contribution in [3.05, 3.63) is 24.0 Å². The number of ketones is 1. The smallest absolute Gasteiger partial charge is 0.416 e. The van der Waals surface area contributed by atoms with E-state index in [4.69, 9.17) is 19.3 Å². The van der Waals surface area contributed by atoms with Crippen molar-refractivity contribution in [3.8, 4) is 0 Å². The Morgan fingerprint density at radius 2 is 2.07 bits per heavy atom. The summed E-state index contributed by atoms with van der Waals surface area (Å²) in [7, 11) is 0. The molecule has 2 aliphatic heterocycles. The van der Waals surface area contributed by atoms with E-state index in [2.05, 4.69) is 0 Å². The quantitative estimate of drug-likeness (QED) is 0.635. The zero-order valence-corrected chi connectivity index (χ0v) is 15.9. The Bertz CT molecular complexity index is 626. The topological polar surface area (TPSA) is 102 Å². The van der Waals surface area contributed by atoms with Gasteiger partial charge >= 0.3 is 6.09 Å². The molecule has 0 radical (unpaired) electrons. The maximum atomic E-state index is 12.9. The van der Waals surface area contributed by atoms with Crippen molar-refractivity contribution in [2.75, 3.05) is 26.4 Å². The van der Waals surface area contributed by atoms with E-state index in [0.29, 0.717) is 18.8 Å². The minimum atomic E-state index is -0.992. The van der Waals surface area contributed by atoms with Gasteiger partial charge in [0.15, 0.2) is 11.9 Å². The minimum absolute atomic E-state index is 0.0422. The van der Waals surface area contributed by atoms with Crippen molar-refractivity contribution in [1.29, 1.82) is 0 Å². The van der Waals surface area contributed by atoms with Crippen molar-refractivity contribution in [1.82, 2.24) is 4.90 Å². The molecular formula is C19H27NO7. The van der Waals surface area contributed by atoms with E-state index in [-0.39, 0.29) is 37.6 Å². The van der Waals surface area contributed by atoms with E-state index in [1.807, 2.05) is 13.8 Å². The van der Waals surface area contributed by atoms with Gasteiger partial charge in [-0.25, -0.2) is 9.69 Å². The highest BCUT2D eigenvalue weighted by Gasteiger charge is 2.44. The van der Waals surface area contributed by atoms with Crippen LogP contribution in [0.4, 0.5) is 4.79 Å². The van der Waals surface area contributed by atoms with Gasteiger partial charge < -0.3 is 19.3 Å². The van der Waals surface area contributed by atoms with Gasteiger partial charge in [-0.2, -0.15) is 0 Å². The molecule has 0 spiro atoms. The molecule has 3 atom stereocenters. The third kappa shape index (κ3) is 5.17. The first kappa shape index (κ1) is 21.1. The summed E-state index contributed by atoms with van der Waals surface area (Å²) in [6.07, 6.45) is 3.54. The van der Waals surface area contributed by atoms with Crippen LogP contribution >= 0.6 is 0 Å². The second-order valence-electron chi connectivity index (χ2n) is 6.89. The van der Waals surface area contributed by atoms with Gasteiger partial charge in [0.25, 0.3) is 0 Å². The number of cyclic esters (lactones) is 1. The molecule has 0 aromatic heterocycles. The first-order valence-corrected chi connectivity index (χ1v) is 9.14. The van der Waals surface area contributed by atoms with Crippen LogP contribution in [-0.4, -0.2) is 66.4 Å². The van der Waals surface area contributed by atoms with Crippen molar-refractivity contribution in [3.63, 3.8) is 0 Å². The van der Waals surface area contributed by atoms with Crippen LogP contribution in [0.3, 0.4) is 0 Å². The Hall–Kier alpha value is -2.19. The molecule has 27 heavy (non-hydrogen) atoms. The predicted molar refractivity (Wildman–Crippen MR) is 95.6 cm³/mol. The summed E-state index contributed by atoms with van der Waals surface area (Å²) in [5.74, 6) is -1.11. The molecule has 2 heterocycles. The van der Waals surface area contributed by atoms with Crippen LogP contribution in [-0.2, 0) is 23.8 Å². The lowest BCUT2D eigenvalue weighted by atomic mass is 9.95. The molecule has 2 amide bonds. The molecule has 2 aliphatic rings. The summed E-state index contributed by atoms with van der Waals surface area (Å²) >= 11 is 0. The summed E-state index contributed by atoms with van der Waals surface area (Å²) in [5, 5.41) is 8.67. The van der Waals surface area contributed by atoms with E-state index in [1.165, 1.54) is 6.08 Å². The lowest BCUT2D eigenvalue weighted by Gasteiger charge is -2.30. The SMILES string of the molecule is CC(C)[C@@H]1COC(=O)N1C(=O)[C@H](C)[C@H]1OC(=CCCOCCO)C=CC1=O. The predicted octanol–water partition coefficient (Wildman–Crippen LogP) is 1.43. The molecule has 0 saturated carbocycles. The number of hydrogen-bond donors (Lipinski definition) is 1. The summed E-state index contributed by atoms with van der Waals surface area (Å²) in [5.41, 5.74) is 0. The fourth-order valence-electron chi connectivity index (χ4n) is 2.95. The van der Waals surface area contributed by atoms with Crippen LogP contribution < -0.4 is 0 Å². The highest BCUT2D eigenvalue weighted by atomic mass is 16.6. The zero-order valence-electron chi connectivity index (χ0n) is 15.9. The molecule has 8 heteroatoms. The number of hydrogen-bond acceptors (Lipinski definition) is 7. The average molecular weight is 381 g/mol. The van der Waals surface area contributed by atoms with Crippen LogP contribution in [0.15, 0.2) is 24.0 Å². The van der Waals surface area contributed by atoms with Gasteiger partial charge in [0.05, 0.1) is 31.8 Å². The van der Waals surface area contributed by atoms with Gasteiger partial charge in [-0.05, 0) is 37.5 Å². The largest absolute Gasteiger partial charge is 0.482 e. The Kier molecular flexibility index (Phi) is 7.55. The Labute approximate surface area is 158 Å². The molecule has 0 aromatic rings. The van der Waals surface area contributed by atoms with Gasteiger partial charge in [-0.3, -0.25) is 9.59 Å². The molecular weight excluding hydrogens is 354 g/mol. The molecule has 0 bridgehead atoms. The van der Waals surface area contributed by atoms with Crippen LogP contribution in [0, 0.1) is 11.8 Å².